The van der Waals surface area contributed by atoms with Gasteiger partial charge in [0.15, 0.2) is 6.10 Å². The van der Waals surface area contributed by atoms with E-state index in [0.29, 0.717) is 19.3 Å². The molecule has 76 heavy (non-hydrogen) atoms. The maximum atomic E-state index is 12.8. The van der Waals surface area contributed by atoms with Gasteiger partial charge in [0, 0.05) is 19.3 Å². The monoisotopic (exact) mass is 1050 g/mol. The third-order valence-electron chi connectivity index (χ3n) is 12.3. The highest BCUT2D eigenvalue weighted by Crippen LogP contribution is 2.13. The van der Waals surface area contributed by atoms with E-state index in [-0.39, 0.29) is 31.1 Å². The van der Waals surface area contributed by atoms with Crippen LogP contribution in [0.1, 0.15) is 245 Å². The Morgan fingerprint density at radius 3 is 0.803 bits per heavy atom. The van der Waals surface area contributed by atoms with Gasteiger partial charge in [-0.05, 0) is 128 Å². The number of unbranched alkanes of at least 4 members (excludes halogenated alkanes) is 16. The fraction of sp³-hybridized carbons (Fsp3) is 0.586. The van der Waals surface area contributed by atoms with Crippen molar-refractivity contribution in [3.63, 3.8) is 0 Å². The SMILES string of the molecule is CC/C=C\C/C=C\C/C=C\C/C=C\C/C=C\C/C=C\C/C=C\C/C=C\CCCCCCC(=O)OCC(COC(=O)CCCCCCCC)OC(=O)CCCCCCCCC/C=C\C/C=C\C/C=C\C/C=C\C/C=C\CC. The summed E-state index contributed by atoms with van der Waals surface area (Å²) in [6.07, 6.45) is 91.3. The molecule has 1 unspecified atom stereocenters. The van der Waals surface area contributed by atoms with E-state index in [1.165, 1.54) is 38.5 Å². The van der Waals surface area contributed by atoms with Gasteiger partial charge in [-0.15, -0.1) is 0 Å². The minimum Gasteiger partial charge on any atom is -0.462 e. The fourth-order valence-corrected chi connectivity index (χ4v) is 7.78. The summed E-state index contributed by atoms with van der Waals surface area (Å²) in [5.74, 6) is -0.951. The summed E-state index contributed by atoms with van der Waals surface area (Å²) < 4.78 is 16.8. The predicted octanol–water partition coefficient (Wildman–Crippen LogP) is 20.9. The normalized spacial score (nSPS) is 13.2. The third kappa shape index (κ3) is 59.9. The fourth-order valence-electron chi connectivity index (χ4n) is 7.78. The van der Waals surface area contributed by atoms with Crippen LogP contribution in [0.25, 0.3) is 0 Å². The Bertz CT molecular complexity index is 1720. The van der Waals surface area contributed by atoms with E-state index >= 15 is 0 Å². The van der Waals surface area contributed by atoms with Gasteiger partial charge in [0.05, 0.1) is 0 Å². The van der Waals surface area contributed by atoms with Crippen LogP contribution in [0, 0.1) is 0 Å². The molecule has 0 heterocycles. The van der Waals surface area contributed by atoms with Gasteiger partial charge in [0.1, 0.15) is 13.2 Å². The summed E-state index contributed by atoms with van der Waals surface area (Å²) in [7, 11) is 0. The average Bonchev–Trinajstić information content (AvgIpc) is 3.42. The molecule has 0 saturated heterocycles. The Morgan fingerprint density at radius 2 is 0.513 bits per heavy atom. The zero-order chi connectivity index (χ0) is 55.0. The number of carbonyl (C=O) groups excluding carboxylic acids is 3. The molecule has 0 saturated carbocycles. The quantitative estimate of drug-likeness (QED) is 0.0261. The van der Waals surface area contributed by atoms with E-state index in [2.05, 4.69) is 179 Å². The van der Waals surface area contributed by atoms with Crippen LogP contribution in [0.5, 0.6) is 0 Å². The lowest BCUT2D eigenvalue weighted by Gasteiger charge is -2.18. The van der Waals surface area contributed by atoms with Crippen LogP contribution in [-0.4, -0.2) is 37.2 Å². The van der Waals surface area contributed by atoms with Crippen molar-refractivity contribution in [3.05, 3.63) is 158 Å². The number of ether oxygens (including phenoxy) is 3. The van der Waals surface area contributed by atoms with Gasteiger partial charge in [0.25, 0.3) is 0 Å². The van der Waals surface area contributed by atoms with Gasteiger partial charge < -0.3 is 14.2 Å². The van der Waals surface area contributed by atoms with Crippen molar-refractivity contribution >= 4 is 17.9 Å². The summed E-state index contributed by atoms with van der Waals surface area (Å²) in [4.78, 5) is 38.0. The van der Waals surface area contributed by atoms with Gasteiger partial charge >= 0.3 is 17.9 Å². The standard InChI is InChI=1S/C70H110O6/c1-4-7-10-13-16-18-20-22-24-26-28-30-32-33-34-35-36-37-39-40-42-44-46-48-50-52-54-57-60-63-69(72)75-66-67(65-74-68(71)62-59-56-15-12-9-6-3)76-70(73)64-61-58-55-53-51-49-47-45-43-41-38-31-29-27-25-23-21-19-17-14-11-8-5-2/h7-8,10-11,16-19,22-25,28-31,33-34,36-37,40-43,46,48,67H,4-6,9,12-15,20-21,26-27,32,35,38-39,44-45,47,49-66H2,1-3H3/b10-7-,11-8-,18-16-,19-17-,24-22-,25-23-,30-28-,31-29-,34-33-,37-36-,42-40-,43-41-,48-46-. The lowest BCUT2D eigenvalue weighted by molar-refractivity contribution is -0.167. The molecule has 1 atom stereocenters. The second kappa shape index (κ2) is 62.6. The van der Waals surface area contributed by atoms with Crippen molar-refractivity contribution < 1.29 is 28.6 Å². The van der Waals surface area contributed by atoms with E-state index in [1.54, 1.807) is 0 Å². The summed E-state index contributed by atoms with van der Waals surface area (Å²) in [5, 5.41) is 0. The molecule has 0 bridgehead atoms. The van der Waals surface area contributed by atoms with Crippen LogP contribution < -0.4 is 0 Å². The van der Waals surface area contributed by atoms with Gasteiger partial charge in [-0.1, -0.05) is 256 Å². The molecule has 0 rings (SSSR count). The smallest absolute Gasteiger partial charge is 0.306 e. The maximum Gasteiger partial charge on any atom is 0.306 e. The Balaban J connectivity index is 4.25. The molecular weight excluding hydrogens is 937 g/mol. The topological polar surface area (TPSA) is 78.9 Å². The number of hydrogen-bond acceptors (Lipinski definition) is 6. The third-order valence-corrected chi connectivity index (χ3v) is 12.3. The van der Waals surface area contributed by atoms with Crippen LogP contribution in [0.3, 0.4) is 0 Å². The second-order valence-electron chi connectivity index (χ2n) is 19.5. The molecule has 0 aromatic rings. The summed E-state index contributed by atoms with van der Waals surface area (Å²) >= 11 is 0. The molecule has 0 aromatic carbocycles. The highest BCUT2D eigenvalue weighted by Gasteiger charge is 2.19. The largest absolute Gasteiger partial charge is 0.462 e. The highest BCUT2D eigenvalue weighted by molar-refractivity contribution is 5.71. The average molecular weight is 1050 g/mol. The molecule has 0 N–H and O–H groups in total. The second-order valence-corrected chi connectivity index (χ2v) is 19.5. The molecule has 0 spiro atoms. The molecule has 0 aliphatic rings. The van der Waals surface area contributed by atoms with Crippen LogP contribution in [0.15, 0.2) is 158 Å². The van der Waals surface area contributed by atoms with E-state index in [9.17, 15) is 14.4 Å². The van der Waals surface area contributed by atoms with E-state index in [4.69, 9.17) is 14.2 Å². The predicted molar refractivity (Wildman–Crippen MR) is 329 cm³/mol. The first kappa shape index (κ1) is 71.0. The maximum absolute atomic E-state index is 12.8. The summed E-state index contributed by atoms with van der Waals surface area (Å²) in [6, 6.07) is 0. The summed E-state index contributed by atoms with van der Waals surface area (Å²) in [5.41, 5.74) is 0. The van der Waals surface area contributed by atoms with Crippen molar-refractivity contribution in [2.45, 2.75) is 252 Å². The molecule has 0 aliphatic carbocycles. The van der Waals surface area contributed by atoms with Crippen LogP contribution in [0.2, 0.25) is 0 Å². The van der Waals surface area contributed by atoms with Crippen LogP contribution in [-0.2, 0) is 28.6 Å². The Kier molecular flexibility index (Phi) is 58.5. The first-order valence-electron chi connectivity index (χ1n) is 30.5. The van der Waals surface area contributed by atoms with E-state index in [1.807, 2.05) is 0 Å². The minimum absolute atomic E-state index is 0.0971. The lowest BCUT2D eigenvalue weighted by Crippen LogP contribution is -2.30. The van der Waals surface area contributed by atoms with Crippen molar-refractivity contribution in [1.82, 2.24) is 0 Å². The number of carbonyl (C=O) groups is 3. The van der Waals surface area contributed by atoms with Crippen molar-refractivity contribution in [2.75, 3.05) is 13.2 Å². The number of allylic oxidation sites excluding steroid dienone is 26. The Labute approximate surface area is 467 Å². The van der Waals surface area contributed by atoms with Gasteiger partial charge in [-0.2, -0.15) is 0 Å². The first-order valence-corrected chi connectivity index (χ1v) is 30.5. The molecule has 0 radical (unpaired) electrons. The minimum atomic E-state index is -0.800. The first-order chi connectivity index (χ1) is 37.5. The Morgan fingerprint density at radius 1 is 0.276 bits per heavy atom. The van der Waals surface area contributed by atoms with Crippen molar-refractivity contribution in [3.8, 4) is 0 Å². The molecule has 426 valence electrons. The molecule has 0 aromatic heterocycles. The van der Waals surface area contributed by atoms with Crippen molar-refractivity contribution in [2.24, 2.45) is 0 Å². The summed E-state index contributed by atoms with van der Waals surface area (Å²) in [6.45, 7) is 6.31. The molecule has 0 fully saturated rings. The van der Waals surface area contributed by atoms with Gasteiger partial charge in [0.2, 0.25) is 0 Å². The Hall–Kier alpha value is -4.97. The zero-order valence-electron chi connectivity index (χ0n) is 48.7. The molecule has 0 aliphatic heterocycles. The van der Waals surface area contributed by atoms with Crippen LogP contribution >= 0.6 is 0 Å². The van der Waals surface area contributed by atoms with E-state index < -0.39 is 6.10 Å². The van der Waals surface area contributed by atoms with Crippen molar-refractivity contribution in [1.29, 1.82) is 0 Å². The molecular formula is C70H110O6. The van der Waals surface area contributed by atoms with Gasteiger partial charge in [-0.25, -0.2) is 0 Å². The van der Waals surface area contributed by atoms with Gasteiger partial charge in [-0.3, -0.25) is 14.4 Å². The van der Waals surface area contributed by atoms with Crippen LogP contribution in [0.4, 0.5) is 0 Å². The number of esters is 3. The molecule has 6 heteroatoms. The zero-order valence-corrected chi connectivity index (χ0v) is 48.7. The lowest BCUT2D eigenvalue weighted by atomic mass is 10.1. The number of hydrogen-bond donors (Lipinski definition) is 0. The molecule has 0 amide bonds. The van der Waals surface area contributed by atoms with E-state index in [0.717, 1.165) is 167 Å². The molecule has 6 nitrogen and oxygen atoms in total. The highest BCUT2D eigenvalue weighted by atomic mass is 16.6. The number of rotatable bonds is 53.